The maximum atomic E-state index is 13.0. The van der Waals surface area contributed by atoms with Crippen molar-refractivity contribution in [3.8, 4) is 0 Å². The number of urea groups is 1. The van der Waals surface area contributed by atoms with E-state index >= 15 is 0 Å². The van der Waals surface area contributed by atoms with Crippen LogP contribution < -0.4 is 16.0 Å². The first-order valence-corrected chi connectivity index (χ1v) is 10.7. The van der Waals surface area contributed by atoms with E-state index in [1.54, 1.807) is 0 Å². The Bertz CT molecular complexity index is 1240. The first-order valence-electron chi connectivity index (χ1n) is 10.4. The monoisotopic (exact) mass is 510 g/mol. The largest absolute Gasteiger partial charge is 0.417 e. The molecule has 4 N–H and O–H groups in total. The molecule has 0 spiro atoms. The molecule has 184 valence electrons. The van der Waals surface area contributed by atoms with Crippen LogP contribution in [-0.2, 0) is 17.5 Å². The molecule has 13 heteroatoms. The molecule has 2 aromatic carbocycles. The number of carbonyl (C=O) groups is 4. The number of fused-ring (bicyclic) bond motifs is 1. The summed E-state index contributed by atoms with van der Waals surface area (Å²) in [6.07, 6.45) is -5.90. The first kappa shape index (κ1) is 24.5. The van der Waals surface area contributed by atoms with Crippen LogP contribution in [0.3, 0.4) is 0 Å². The van der Waals surface area contributed by atoms with Gasteiger partial charge in [0, 0.05) is 18.7 Å². The Morgan fingerprint density at radius 1 is 1.11 bits per heavy atom. The number of aliphatic hydroxyl groups is 1. The smallest absolute Gasteiger partial charge is 0.372 e. The van der Waals surface area contributed by atoms with Gasteiger partial charge in [-0.3, -0.25) is 19.3 Å². The van der Waals surface area contributed by atoms with Gasteiger partial charge in [-0.15, -0.1) is 0 Å². The third-order valence-corrected chi connectivity index (χ3v) is 5.97. The molecule has 0 bridgehead atoms. The highest BCUT2D eigenvalue weighted by atomic mass is 35.5. The molecule has 4 rings (SSSR count). The zero-order chi connectivity index (χ0) is 25.5. The van der Waals surface area contributed by atoms with Crippen LogP contribution in [0.5, 0.6) is 0 Å². The summed E-state index contributed by atoms with van der Waals surface area (Å²) in [4.78, 5) is 50.1. The zero-order valence-electron chi connectivity index (χ0n) is 17.8. The van der Waals surface area contributed by atoms with Crippen molar-refractivity contribution in [3.63, 3.8) is 0 Å². The molecule has 2 aromatic rings. The minimum atomic E-state index is -4.69. The number of rotatable bonds is 4. The number of carbonyl (C=O) groups excluding carboxylic acids is 4. The Morgan fingerprint density at radius 2 is 1.83 bits per heavy atom. The number of halogens is 4. The van der Waals surface area contributed by atoms with Crippen molar-refractivity contribution in [2.24, 2.45) is 0 Å². The number of anilines is 1. The Balaban J connectivity index is 1.42. The lowest BCUT2D eigenvalue weighted by Crippen LogP contribution is -2.57. The average Bonchev–Trinajstić information content (AvgIpc) is 3.03. The van der Waals surface area contributed by atoms with Crippen molar-refractivity contribution in [1.29, 1.82) is 0 Å². The average molecular weight is 511 g/mol. The van der Waals surface area contributed by atoms with Gasteiger partial charge in [0.05, 0.1) is 27.8 Å². The molecule has 1 saturated heterocycles. The molecule has 35 heavy (non-hydrogen) atoms. The van der Waals surface area contributed by atoms with E-state index in [-0.39, 0.29) is 42.1 Å². The second kappa shape index (κ2) is 9.19. The van der Waals surface area contributed by atoms with Crippen LogP contribution in [0, 0.1) is 0 Å². The summed E-state index contributed by atoms with van der Waals surface area (Å²) >= 11 is 5.57. The number of nitrogens with one attached hydrogen (secondary N) is 3. The summed E-state index contributed by atoms with van der Waals surface area (Å²) in [5, 5.41) is 16.6. The summed E-state index contributed by atoms with van der Waals surface area (Å²) in [5.74, 6) is -1.63. The van der Waals surface area contributed by atoms with E-state index in [9.17, 15) is 37.5 Å². The van der Waals surface area contributed by atoms with E-state index < -0.39 is 46.9 Å². The number of aliphatic hydroxyl groups excluding tert-OH is 1. The molecule has 2 atom stereocenters. The fourth-order valence-electron chi connectivity index (χ4n) is 3.94. The van der Waals surface area contributed by atoms with Gasteiger partial charge in [-0.1, -0.05) is 17.7 Å². The molecule has 2 aliphatic heterocycles. The van der Waals surface area contributed by atoms with Crippen molar-refractivity contribution in [1.82, 2.24) is 15.5 Å². The molecule has 2 heterocycles. The highest BCUT2D eigenvalue weighted by molar-refractivity contribution is 6.31. The van der Waals surface area contributed by atoms with Gasteiger partial charge in [-0.05, 0) is 42.3 Å². The molecular formula is C22H18ClF3N4O5. The van der Waals surface area contributed by atoms with E-state index in [1.807, 2.05) is 0 Å². The minimum absolute atomic E-state index is 0.0531. The molecule has 2 unspecified atom stereocenters. The Morgan fingerprint density at radius 3 is 2.51 bits per heavy atom. The predicted molar refractivity (Wildman–Crippen MR) is 116 cm³/mol. The topological polar surface area (TPSA) is 128 Å². The maximum Gasteiger partial charge on any atom is 0.417 e. The summed E-state index contributed by atoms with van der Waals surface area (Å²) in [5.41, 5.74) is -0.570. The number of hydrogen-bond acceptors (Lipinski definition) is 5. The normalized spacial score (nSPS) is 19.9. The number of benzene rings is 2. The van der Waals surface area contributed by atoms with Crippen LogP contribution in [0.15, 0.2) is 36.4 Å². The van der Waals surface area contributed by atoms with E-state index in [1.165, 1.54) is 24.3 Å². The summed E-state index contributed by atoms with van der Waals surface area (Å²) < 4.78 is 39.0. The number of nitrogens with zero attached hydrogens (tertiary/aromatic N) is 1. The molecule has 5 amide bonds. The zero-order valence-corrected chi connectivity index (χ0v) is 18.5. The molecule has 1 fully saturated rings. The number of amides is 5. The minimum Gasteiger partial charge on any atom is -0.372 e. The third-order valence-electron chi connectivity index (χ3n) is 5.64. The van der Waals surface area contributed by atoms with Crippen LogP contribution >= 0.6 is 11.6 Å². The fraction of sp³-hybridized carbons (Fsp3) is 0.273. The lowest BCUT2D eigenvalue weighted by atomic mass is 10.0. The first-order chi connectivity index (χ1) is 16.5. The van der Waals surface area contributed by atoms with Crippen LogP contribution in [0.2, 0.25) is 5.02 Å². The SMILES string of the molecule is O=C1CCC(N2C(=O)c3ccc(CNC(=O)Nc4ccc(Cl)c(C(F)(F)F)c4)cc3C2=O)C(O)N1. The van der Waals surface area contributed by atoms with E-state index in [0.717, 1.165) is 11.0 Å². The van der Waals surface area contributed by atoms with Gasteiger partial charge in [0.25, 0.3) is 11.8 Å². The highest BCUT2D eigenvalue weighted by Gasteiger charge is 2.44. The summed E-state index contributed by atoms with van der Waals surface area (Å²) in [7, 11) is 0. The Kier molecular flexibility index (Phi) is 6.43. The van der Waals surface area contributed by atoms with E-state index in [2.05, 4.69) is 16.0 Å². The van der Waals surface area contributed by atoms with Gasteiger partial charge in [-0.2, -0.15) is 13.2 Å². The van der Waals surface area contributed by atoms with Crippen molar-refractivity contribution < 1.29 is 37.5 Å². The fourth-order valence-corrected chi connectivity index (χ4v) is 4.16. The van der Waals surface area contributed by atoms with Gasteiger partial charge in [-0.25, -0.2) is 4.79 Å². The highest BCUT2D eigenvalue weighted by Crippen LogP contribution is 2.36. The number of piperidine rings is 1. The second-order valence-electron chi connectivity index (χ2n) is 7.98. The number of hydrogen-bond donors (Lipinski definition) is 4. The predicted octanol–water partition coefficient (Wildman–Crippen LogP) is 2.87. The van der Waals surface area contributed by atoms with Crippen molar-refractivity contribution in [3.05, 3.63) is 63.7 Å². The van der Waals surface area contributed by atoms with Crippen molar-refractivity contribution in [2.75, 3.05) is 5.32 Å². The molecule has 9 nitrogen and oxygen atoms in total. The number of imide groups is 1. The van der Waals surface area contributed by atoms with Gasteiger partial charge < -0.3 is 21.1 Å². The molecule has 0 saturated carbocycles. The van der Waals surface area contributed by atoms with Crippen LogP contribution in [0.1, 0.15) is 44.7 Å². The molecule has 0 radical (unpaired) electrons. The van der Waals surface area contributed by atoms with Gasteiger partial charge in [0.15, 0.2) is 0 Å². The molecule has 0 aliphatic carbocycles. The maximum absolute atomic E-state index is 13.0. The molecular weight excluding hydrogens is 493 g/mol. The Labute approximate surface area is 201 Å². The van der Waals surface area contributed by atoms with E-state index in [0.29, 0.717) is 11.6 Å². The van der Waals surface area contributed by atoms with Gasteiger partial charge in [0.1, 0.15) is 6.23 Å². The van der Waals surface area contributed by atoms with Crippen molar-refractivity contribution in [2.45, 2.75) is 37.8 Å². The number of alkyl halides is 3. The van der Waals surface area contributed by atoms with E-state index in [4.69, 9.17) is 11.6 Å². The third kappa shape index (κ3) is 4.93. The van der Waals surface area contributed by atoms with Crippen LogP contribution in [0.25, 0.3) is 0 Å². The van der Waals surface area contributed by atoms with Gasteiger partial charge in [0.2, 0.25) is 5.91 Å². The summed E-state index contributed by atoms with van der Waals surface area (Å²) in [6.45, 7) is -0.0948. The second-order valence-corrected chi connectivity index (χ2v) is 8.39. The lowest BCUT2D eigenvalue weighted by Gasteiger charge is -2.33. The Hall–Kier alpha value is -3.64. The summed E-state index contributed by atoms with van der Waals surface area (Å²) in [6, 6.07) is 5.56. The standard InChI is InChI=1S/C22H18ClF3N4O5/c23-15-4-2-11(8-14(15)22(24,25)26)28-21(35)27-9-10-1-3-12-13(7-10)20(34)30(19(12)33)16-5-6-17(31)29-18(16)32/h1-4,7-8,16,18,32H,5-6,9H2,(H,29,31)(H2,27,28,35). The van der Waals surface area contributed by atoms with Crippen LogP contribution in [0.4, 0.5) is 23.7 Å². The molecule has 0 aromatic heterocycles. The van der Waals surface area contributed by atoms with Crippen molar-refractivity contribution >= 4 is 41.0 Å². The molecule has 2 aliphatic rings. The van der Waals surface area contributed by atoms with Gasteiger partial charge >= 0.3 is 12.2 Å². The quantitative estimate of drug-likeness (QED) is 0.470. The van der Waals surface area contributed by atoms with Crippen LogP contribution in [-0.4, -0.2) is 46.0 Å². The lowest BCUT2D eigenvalue weighted by molar-refractivity contribution is -0.137.